The number of nitrogens with one attached hydrogen (secondary N) is 2. The van der Waals surface area contributed by atoms with Crippen LogP contribution >= 0.6 is 11.6 Å². The number of likely N-dealkylation sites (N-methyl/N-ethyl adjacent to an activating group) is 1. The number of halogens is 2. The van der Waals surface area contributed by atoms with Crippen LogP contribution in [0.3, 0.4) is 0 Å². The molecular formula is C17H19ClFN3O3S. The van der Waals surface area contributed by atoms with Crippen LogP contribution in [0.1, 0.15) is 10.4 Å². The topological polar surface area (TPSA) is 78.5 Å². The van der Waals surface area contributed by atoms with Crippen molar-refractivity contribution >= 4 is 33.2 Å². The predicted molar refractivity (Wildman–Crippen MR) is 99.5 cm³/mol. The van der Waals surface area contributed by atoms with E-state index in [1.165, 1.54) is 36.4 Å². The van der Waals surface area contributed by atoms with Gasteiger partial charge in [-0.15, -0.1) is 0 Å². The number of hydrogen-bond acceptors (Lipinski definition) is 4. The second kappa shape index (κ2) is 8.59. The van der Waals surface area contributed by atoms with Gasteiger partial charge < -0.3 is 10.2 Å². The lowest BCUT2D eigenvalue weighted by Gasteiger charge is -2.12. The number of carbonyl (C=O) groups excluding carboxylic acids is 1. The Labute approximate surface area is 157 Å². The van der Waals surface area contributed by atoms with Crippen LogP contribution in [-0.2, 0) is 10.0 Å². The minimum Gasteiger partial charge on any atom is -0.322 e. The van der Waals surface area contributed by atoms with Gasteiger partial charge in [-0.3, -0.25) is 4.79 Å². The zero-order chi connectivity index (χ0) is 19.3. The molecule has 2 rings (SSSR count). The first-order chi connectivity index (χ1) is 12.2. The molecule has 2 aromatic carbocycles. The molecule has 0 bridgehead atoms. The summed E-state index contributed by atoms with van der Waals surface area (Å²) in [6.07, 6.45) is 0. The van der Waals surface area contributed by atoms with Crippen LogP contribution in [0.15, 0.2) is 47.4 Å². The molecule has 0 aliphatic rings. The van der Waals surface area contributed by atoms with Crippen LogP contribution in [0.25, 0.3) is 0 Å². The lowest BCUT2D eigenvalue weighted by Crippen LogP contribution is -2.31. The first-order valence-electron chi connectivity index (χ1n) is 7.70. The number of carbonyl (C=O) groups is 1. The Morgan fingerprint density at radius 3 is 2.58 bits per heavy atom. The van der Waals surface area contributed by atoms with Gasteiger partial charge >= 0.3 is 0 Å². The summed E-state index contributed by atoms with van der Waals surface area (Å²) in [7, 11) is -0.0559. The van der Waals surface area contributed by atoms with Crippen molar-refractivity contribution in [2.75, 3.05) is 32.5 Å². The summed E-state index contributed by atoms with van der Waals surface area (Å²) in [6, 6.07) is 9.42. The molecule has 0 radical (unpaired) electrons. The Bertz CT molecular complexity index is 904. The third-order valence-electron chi connectivity index (χ3n) is 3.44. The number of sulfonamides is 1. The van der Waals surface area contributed by atoms with Gasteiger partial charge in [-0.05, 0) is 50.5 Å². The van der Waals surface area contributed by atoms with Gasteiger partial charge in [0.1, 0.15) is 5.82 Å². The van der Waals surface area contributed by atoms with Gasteiger partial charge in [-0.25, -0.2) is 17.5 Å². The van der Waals surface area contributed by atoms with E-state index in [1.54, 1.807) is 0 Å². The van der Waals surface area contributed by atoms with Crippen molar-refractivity contribution in [3.63, 3.8) is 0 Å². The zero-order valence-corrected chi connectivity index (χ0v) is 15.9. The summed E-state index contributed by atoms with van der Waals surface area (Å²) in [5.74, 6) is -1.13. The molecule has 2 N–H and O–H groups in total. The van der Waals surface area contributed by atoms with Crippen molar-refractivity contribution in [3.8, 4) is 0 Å². The number of amides is 1. The van der Waals surface area contributed by atoms with Gasteiger partial charge in [0.2, 0.25) is 10.0 Å². The van der Waals surface area contributed by atoms with Crippen LogP contribution in [-0.4, -0.2) is 46.4 Å². The first kappa shape index (κ1) is 20.3. The molecule has 0 atom stereocenters. The highest BCUT2D eigenvalue weighted by Crippen LogP contribution is 2.20. The minimum atomic E-state index is -3.72. The fourth-order valence-corrected chi connectivity index (χ4v) is 3.32. The average molecular weight is 400 g/mol. The number of nitrogens with zero attached hydrogens (tertiary/aromatic N) is 1. The average Bonchev–Trinajstić information content (AvgIpc) is 2.58. The molecule has 2 aromatic rings. The summed E-state index contributed by atoms with van der Waals surface area (Å²) in [6.45, 7) is 0.796. The number of hydrogen-bond donors (Lipinski definition) is 2. The molecule has 26 heavy (non-hydrogen) atoms. The van der Waals surface area contributed by atoms with Crippen molar-refractivity contribution in [1.82, 2.24) is 9.62 Å². The van der Waals surface area contributed by atoms with Crippen LogP contribution in [0.5, 0.6) is 0 Å². The summed E-state index contributed by atoms with van der Waals surface area (Å²) in [5.41, 5.74) is 0.458. The van der Waals surface area contributed by atoms with E-state index >= 15 is 0 Å². The van der Waals surface area contributed by atoms with Gasteiger partial charge in [0.05, 0.1) is 9.92 Å². The van der Waals surface area contributed by atoms with Crippen LogP contribution in [0.2, 0.25) is 5.02 Å². The molecule has 0 fully saturated rings. The van der Waals surface area contributed by atoms with Gasteiger partial charge in [0.15, 0.2) is 0 Å². The second-order valence-corrected chi connectivity index (χ2v) is 7.99. The fourth-order valence-electron chi connectivity index (χ4n) is 2.07. The SMILES string of the molecule is CN(C)CCNS(=O)(=O)c1cccc(C(=O)Nc2ccc(F)c(Cl)c2)c1. The molecule has 0 heterocycles. The molecule has 140 valence electrons. The van der Waals surface area contributed by atoms with Crippen molar-refractivity contribution in [2.24, 2.45) is 0 Å². The minimum absolute atomic E-state index is 0.0129. The molecule has 0 saturated carbocycles. The largest absolute Gasteiger partial charge is 0.322 e. The molecule has 0 spiro atoms. The highest BCUT2D eigenvalue weighted by atomic mass is 35.5. The molecule has 1 amide bonds. The van der Waals surface area contributed by atoms with E-state index in [9.17, 15) is 17.6 Å². The maximum Gasteiger partial charge on any atom is 0.255 e. The Morgan fingerprint density at radius 1 is 1.19 bits per heavy atom. The molecular weight excluding hydrogens is 381 g/mol. The molecule has 0 aromatic heterocycles. The molecule has 0 unspecified atom stereocenters. The van der Waals surface area contributed by atoms with Crippen LogP contribution in [0, 0.1) is 5.82 Å². The highest BCUT2D eigenvalue weighted by molar-refractivity contribution is 7.89. The Balaban J connectivity index is 2.14. The molecule has 0 aliphatic carbocycles. The fraction of sp³-hybridized carbons (Fsp3) is 0.235. The lowest BCUT2D eigenvalue weighted by atomic mass is 10.2. The van der Waals surface area contributed by atoms with Gasteiger partial charge in [0.25, 0.3) is 5.91 Å². The van der Waals surface area contributed by atoms with Crippen molar-refractivity contribution in [2.45, 2.75) is 4.90 Å². The third kappa shape index (κ3) is 5.50. The van der Waals surface area contributed by atoms with Crippen LogP contribution in [0.4, 0.5) is 10.1 Å². The number of rotatable bonds is 7. The van der Waals surface area contributed by atoms with E-state index in [0.717, 1.165) is 6.07 Å². The second-order valence-electron chi connectivity index (χ2n) is 5.81. The van der Waals surface area contributed by atoms with E-state index in [0.29, 0.717) is 12.2 Å². The Morgan fingerprint density at radius 2 is 1.92 bits per heavy atom. The number of benzene rings is 2. The maximum absolute atomic E-state index is 13.2. The lowest BCUT2D eigenvalue weighted by molar-refractivity contribution is 0.102. The predicted octanol–water partition coefficient (Wildman–Crippen LogP) is 2.57. The Kier molecular flexibility index (Phi) is 6.71. The smallest absolute Gasteiger partial charge is 0.255 e. The Hall–Kier alpha value is -2.00. The summed E-state index contributed by atoms with van der Waals surface area (Å²) >= 11 is 5.68. The van der Waals surface area contributed by atoms with E-state index in [4.69, 9.17) is 11.6 Å². The maximum atomic E-state index is 13.2. The van der Waals surface area contributed by atoms with E-state index < -0.39 is 21.7 Å². The number of anilines is 1. The summed E-state index contributed by atoms with van der Waals surface area (Å²) in [4.78, 5) is 14.2. The van der Waals surface area contributed by atoms with E-state index in [-0.39, 0.29) is 22.0 Å². The van der Waals surface area contributed by atoms with Gasteiger partial charge in [0, 0.05) is 24.3 Å². The molecule has 6 nitrogen and oxygen atoms in total. The van der Waals surface area contributed by atoms with Crippen molar-refractivity contribution in [1.29, 1.82) is 0 Å². The quantitative estimate of drug-likeness (QED) is 0.750. The normalized spacial score (nSPS) is 11.6. The van der Waals surface area contributed by atoms with Crippen molar-refractivity contribution in [3.05, 3.63) is 58.9 Å². The monoisotopic (exact) mass is 399 g/mol. The highest BCUT2D eigenvalue weighted by Gasteiger charge is 2.16. The van der Waals surface area contributed by atoms with Gasteiger partial charge in [-0.1, -0.05) is 17.7 Å². The first-order valence-corrected chi connectivity index (χ1v) is 9.56. The van der Waals surface area contributed by atoms with Crippen molar-refractivity contribution < 1.29 is 17.6 Å². The molecule has 0 aliphatic heterocycles. The zero-order valence-electron chi connectivity index (χ0n) is 14.3. The van der Waals surface area contributed by atoms with E-state index in [2.05, 4.69) is 10.0 Å². The molecule has 0 saturated heterocycles. The summed E-state index contributed by atoms with van der Waals surface area (Å²) < 4.78 is 40.3. The summed E-state index contributed by atoms with van der Waals surface area (Å²) in [5, 5.41) is 2.43. The van der Waals surface area contributed by atoms with E-state index in [1.807, 2.05) is 19.0 Å². The van der Waals surface area contributed by atoms with Gasteiger partial charge in [-0.2, -0.15) is 0 Å². The third-order valence-corrected chi connectivity index (χ3v) is 5.18. The van der Waals surface area contributed by atoms with Crippen LogP contribution < -0.4 is 10.0 Å². The standard InChI is InChI=1S/C17H19ClFN3O3S/c1-22(2)9-8-20-26(24,25)14-5-3-4-12(10-14)17(23)21-13-6-7-16(19)15(18)11-13/h3-7,10-11,20H,8-9H2,1-2H3,(H,21,23). The molecule has 9 heteroatoms.